The Balaban J connectivity index is 1.95. The summed E-state index contributed by atoms with van der Waals surface area (Å²) in [6.07, 6.45) is 1.93. The Morgan fingerprint density at radius 3 is 2.57 bits per heavy atom. The fourth-order valence-electron chi connectivity index (χ4n) is 2.18. The van der Waals surface area contributed by atoms with Crippen molar-refractivity contribution in [2.24, 2.45) is 0 Å². The molecule has 5 nitrogen and oxygen atoms in total. The van der Waals surface area contributed by atoms with Gasteiger partial charge in [-0.25, -0.2) is 0 Å². The van der Waals surface area contributed by atoms with E-state index in [-0.39, 0.29) is 23.8 Å². The molecule has 1 aliphatic heterocycles. The average molecular weight is 298 g/mol. The van der Waals surface area contributed by atoms with E-state index < -0.39 is 12.5 Å². The molecule has 0 saturated carbocycles. The minimum absolute atomic E-state index is 0.0213. The summed E-state index contributed by atoms with van der Waals surface area (Å²) in [6.45, 7) is -1.77. The van der Waals surface area contributed by atoms with Gasteiger partial charge in [0.25, 0.3) is 5.91 Å². The lowest BCUT2D eigenvalue weighted by molar-refractivity contribution is -0.129. The lowest BCUT2D eigenvalue weighted by Gasteiger charge is -2.16. The largest absolute Gasteiger partial charge is 0.434 e. The van der Waals surface area contributed by atoms with E-state index in [1.165, 1.54) is 24.3 Å². The molecule has 0 bridgehead atoms. The summed E-state index contributed by atoms with van der Waals surface area (Å²) in [5.74, 6) is -0.995. The molecule has 1 N–H and O–H groups in total. The van der Waals surface area contributed by atoms with Crippen LogP contribution in [-0.4, -0.2) is 43.0 Å². The number of para-hydroxylation sites is 1. The number of benzene rings is 1. The highest BCUT2D eigenvalue weighted by Gasteiger charge is 2.20. The van der Waals surface area contributed by atoms with Crippen LogP contribution < -0.4 is 10.1 Å². The van der Waals surface area contributed by atoms with Crippen LogP contribution in [0.25, 0.3) is 0 Å². The van der Waals surface area contributed by atoms with Crippen molar-refractivity contribution in [2.45, 2.75) is 19.5 Å². The molecule has 1 aromatic carbocycles. The summed E-state index contributed by atoms with van der Waals surface area (Å²) < 4.78 is 28.8. The van der Waals surface area contributed by atoms with Gasteiger partial charge in [-0.15, -0.1) is 0 Å². The predicted molar refractivity (Wildman–Crippen MR) is 71.2 cm³/mol. The second-order valence-electron chi connectivity index (χ2n) is 4.65. The Kier molecular flexibility index (Phi) is 5.08. The second-order valence-corrected chi connectivity index (χ2v) is 4.65. The van der Waals surface area contributed by atoms with Crippen LogP contribution in [0, 0.1) is 0 Å². The number of hydrogen-bond acceptors (Lipinski definition) is 3. The number of alkyl halides is 2. The Morgan fingerprint density at radius 2 is 1.90 bits per heavy atom. The fraction of sp³-hybridized carbons (Fsp3) is 0.429. The van der Waals surface area contributed by atoms with Crippen molar-refractivity contribution in [1.29, 1.82) is 0 Å². The first-order valence-electron chi connectivity index (χ1n) is 6.68. The number of amides is 2. The fourth-order valence-corrected chi connectivity index (χ4v) is 2.18. The van der Waals surface area contributed by atoms with Crippen LogP contribution in [0.1, 0.15) is 23.2 Å². The molecular formula is C14H16F2N2O3. The number of likely N-dealkylation sites (tertiary alicyclic amines) is 1. The maximum absolute atomic E-state index is 12.3. The van der Waals surface area contributed by atoms with Crippen LogP contribution in [0.2, 0.25) is 0 Å². The Hall–Kier alpha value is -2.18. The molecule has 1 aromatic rings. The molecular weight excluding hydrogens is 282 g/mol. The molecule has 21 heavy (non-hydrogen) atoms. The SMILES string of the molecule is O=C(NCC(=O)N1CCCC1)c1ccccc1OC(F)F. The highest BCUT2D eigenvalue weighted by atomic mass is 19.3. The Bertz CT molecular complexity index is 517. The molecule has 0 radical (unpaired) electrons. The van der Waals surface area contributed by atoms with E-state index in [0.717, 1.165) is 12.8 Å². The highest BCUT2D eigenvalue weighted by Crippen LogP contribution is 2.20. The first-order valence-corrected chi connectivity index (χ1v) is 6.68. The van der Waals surface area contributed by atoms with Gasteiger partial charge in [0.05, 0.1) is 12.1 Å². The molecule has 2 rings (SSSR count). The standard InChI is InChI=1S/C14H16F2N2O3/c15-14(16)21-11-6-2-1-5-10(11)13(20)17-9-12(19)18-7-3-4-8-18/h1-2,5-6,14H,3-4,7-9H2,(H,17,20). The summed E-state index contributed by atoms with van der Waals surface area (Å²) in [4.78, 5) is 25.4. The van der Waals surface area contributed by atoms with Gasteiger partial charge < -0.3 is 15.0 Å². The van der Waals surface area contributed by atoms with Crippen molar-refractivity contribution in [2.75, 3.05) is 19.6 Å². The highest BCUT2D eigenvalue weighted by molar-refractivity contribution is 5.98. The number of nitrogens with one attached hydrogen (secondary N) is 1. The van der Waals surface area contributed by atoms with Gasteiger partial charge in [0, 0.05) is 13.1 Å². The molecule has 0 aromatic heterocycles. The number of carbonyl (C=O) groups excluding carboxylic acids is 2. The number of halogens is 2. The number of carbonyl (C=O) groups is 2. The van der Waals surface area contributed by atoms with Gasteiger partial charge in [0.2, 0.25) is 5.91 Å². The van der Waals surface area contributed by atoms with Crippen molar-refractivity contribution >= 4 is 11.8 Å². The number of nitrogens with zero attached hydrogens (tertiary/aromatic N) is 1. The summed E-state index contributed by atoms with van der Waals surface area (Å²) in [5, 5.41) is 2.43. The number of rotatable bonds is 5. The van der Waals surface area contributed by atoms with Gasteiger partial charge in [-0.3, -0.25) is 9.59 Å². The van der Waals surface area contributed by atoms with E-state index in [2.05, 4.69) is 10.1 Å². The Labute approximate surface area is 120 Å². The van der Waals surface area contributed by atoms with E-state index >= 15 is 0 Å². The molecule has 1 saturated heterocycles. The van der Waals surface area contributed by atoms with Gasteiger partial charge in [-0.2, -0.15) is 8.78 Å². The molecule has 0 atom stereocenters. The Morgan fingerprint density at radius 1 is 1.24 bits per heavy atom. The number of ether oxygens (including phenoxy) is 1. The van der Waals surface area contributed by atoms with Crippen molar-refractivity contribution in [1.82, 2.24) is 10.2 Å². The van der Waals surface area contributed by atoms with E-state index in [0.29, 0.717) is 13.1 Å². The third-order valence-electron chi connectivity index (χ3n) is 3.21. The topological polar surface area (TPSA) is 58.6 Å². The lowest BCUT2D eigenvalue weighted by atomic mass is 10.2. The summed E-state index contributed by atoms with van der Waals surface area (Å²) in [7, 11) is 0. The van der Waals surface area contributed by atoms with Crippen LogP contribution in [0.15, 0.2) is 24.3 Å². The van der Waals surface area contributed by atoms with Crippen LogP contribution in [0.5, 0.6) is 5.75 Å². The van der Waals surface area contributed by atoms with Gasteiger partial charge in [-0.05, 0) is 25.0 Å². The minimum Gasteiger partial charge on any atom is -0.434 e. The molecule has 0 aliphatic carbocycles. The van der Waals surface area contributed by atoms with Gasteiger partial charge in [0.15, 0.2) is 0 Å². The molecule has 0 unspecified atom stereocenters. The lowest BCUT2D eigenvalue weighted by Crippen LogP contribution is -2.38. The van der Waals surface area contributed by atoms with Crippen molar-refractivity contribution in [3.63, 3.8) is 0 Å². The zero-order valence-electron chi connectivity index (χ0n) is 11.4. The quantitative estimate of drug-likeness (QED) is 0.899. The first kappa shape index (κ1) is 15.2. The molecule has 1 heterocycles. The molecule has 1 aliphatic rings. The molecule has 2 amide bonds. The molecule has 114 valence electrons. The molecule has 7 heteroatoms. The van der Waals surface area contributed by atoms with Crippen molar-refractivity contribution < 1.29 is 23.1 Å². The molecule has 0 spiro atoms. The predicted octanol–water partition coefficient (Wildman–Crippen LogP) is 1.64. The smallest absolute Gasteiger partial charge is 0.387 e. The summed E-state index contributed by atoms with van der Waals surface area (Å²) in [6, 6.07) is 5.68. The third kappa shape index (κ3) is 4.14. The average Bonchev–Trinajstić information content (AvgIpc) is 2.98. The van der Waals surface area contributed by atoms with Crippen LogP contribution in [0.4, 0.5) is 8.78 Å². The molecule has 1 fully saturated rings. The normalized spacial score (nSPS) is 14.3. The van der Waals surface area contributed by atoms with E-state index in [1.807, 2.05) is 0 Å². The van der Waals surface area contributed by atoms with Gasteiger partial charge in [-0.1, -0.05) is 12.1 Å². The minimum atomic E-state index is -3.01. The van der Waals surface area contributed by atoms with Crippen LogP contribution in [-0.2, 0) is 4.79 Å². The zero-order valence-corrected chi connectivity index (χ0v) is 11.4. The van der Waals surface area contributed by atoms with Crippen molar-refractivity contribution in [3.8, 4) is 5.75 Å². The zero-order chi connectivity index (χ0) is 15.2. The second kappa shape index (κ2) is 7.01. The van der Waals surface area contributed by atoms with Crippen molar-refractivity contribution in [3.05, 3.63) is 29.8 Å². The summed E-state index contributed by atoms with van der Waals surface area (Å²) >= 11 is 0. The number of hydrogen-bond donors (Lipinski definition) is 1. The van der Waals surface area contributed by atoms with Gasteiger partial charge in [0.1, 0.15) is 5.75 Å². The first-order chi connectivity index (χ1) is 10.1. The van der Waals surface area contributed by atoms with E-state index in [4.69, 9.17) is 0 Å². The van der Waals surface area contributed by atoms with Crippen LogP contribution >= 0.6 is 0 Å². The maximum atomic E-state index is 12.3. The van der Waals surface area contributed by atoms with E-state index in [9.17, 15) is 18.4 Å². The monoisotopic (exact) mass is 298 g/mol. The third-order valence-corrected chi connectivity index (χ3v) is 3.21. The summed E-state index contributed by atoms with van der Waals surface area (Å²) in [5.41, 5.74) is -0.0213. The van der Waals surface area contributed by atoms with Gasteiger partial charge >= 0.3 is 6.61 Å². The van der Waals surface area contributed by atoms with E-state index in [1.54, 1.807) is 4.90 Å². The maximum Gasteiger partial charge on any atom is 0.387 e. The van der Waals surface area contributed by atoms with Crippen LogP contribution in [0.3, 0.4) is 0 Å².